The molecule has 1 aromatic rings. The number of carbonyl (C=O) groups is 1. The highest BCUT2D eigenvalue weighted by molar-refractivity contribution is 5.85. The Morgan fingerprint density at radius 3 is 3.11 bits per heavy atom. The second kappa shape index (κ2) is 6.47. The average molecular weight is 264 g/mol. The molecule has 0 spiro atoms. The monoisotopic (exact) mass is 264 g/mol. The fraction of sp³-hybridized carbons (Fsp3) is 0.615. The van der Waals surface area contributed by atoms with E-state index in [1.807, 2.05) is 13.0 Å². The van der Waals surface area contributed by atoms with Crippen molar-refractivity contribution in [1.29, 1.82) is 0 Å². The number of nitrogens with zero attached hydrogens (tertiary/aromatic N) is 2. The maximum absolute atomic E-state index is 11.5. The zero-order chi connectivity index (χ0) is 13.7. The van der Waals surface area contributed by atoms with Gasteiger partial charge in [0, 0.05) is 24.3 Å². The van der Waals surface area contributed by atoms with Crippen LogP contribution in [0, 0.1) is 6.92 Å². The van der Waals surface area contributed by atoms with Gasteiger partial charge in [-0.3, -0.25) is 0 Å². The second-order valence-electron chi connectivity index (χ2n) is 4.75. The van der Waals surface area contributed by atoms with Crippen LogP contribution in [0.5, 0.6) is 0 Å². The summed E-state index contributed by atoms with van der Waals surface area (Å²) in [5, 5.41) is 6.74. The van der Waals surface area contributed by atoms with Gasteiger partial charge in [0.1, 0.15) is 5.82 Å². The Kier molecular flexibility index (Phi) is 4.68. The summed E-state index contributed by atoms with van der Waals surface area (Å²) in [5.74, 6) is 0.277. The van der Waals surface area contributed by atoms with Gasteiger partial charge in [0.05, 0.1) is 7.11 Å². The van der Waals surface area contributed by atoms with E-state index in [9.17, 15) is 4.79 Å². The Bertz CT molecular complexity index is 442. The van der Waals surface area contributed by atoms with Crippen LogP contribution < -0.4 is 10.6 Å². The molecule has 1 fully saturated rings. The molecule has 19 heavy (non-hydrogen) atoms. The topological polar surface area (TPSA) is 76.1 Å². The number of hydrogen-bond acceptors (Lipinski definition) is 6. The predicted molar refractivity (Wildman–Crippen MR) is 72.2 cm³/mol. The lowest BCUT2D eigenvalue weighted by molar-refractivity contribution is 0.0586. The minimum Gasteiger partial charge on any atom is -0.463 e. The molecule has 104 valence electrons. The van der Waals surface area contributed by atoms with Crippen LogP contribution in [0.3, 0.4) is 0 Å². The van der Waals surface area contributed by atoms with Gasteiger partial charge < -0.3 is 15.4 Å². The van der Waals surface area contributed by atoms with Crippen LogP contribution in [0.4, 0.5) is 5.82 Å². The van der Waals surface area contributed by atoms with E-state index in [2.05, 4.69) is 25.3 Å². The van der Waals surface area contributed by atoms with Gasteiger partial charge in [0.15, 0.2) is 0 Å². The van der Waals surface area contributed by atoms with Crippen molar-refractivity contribution in [3.05, 3.63) is 17.6 Å². The molecular weight excluding hydrogens is 244 g/mol. The number of anilines is 1. The van der Waals surface area contributed by atoms with Gasteiger partial charge in [-0.2, -0.15) is 0 Å². The third-order valence-corrected chi connectivity index (χ3v) is 3.12. The van der Waals surface area contributed by atoms with E-state index in [0.717, 1.165) is 25.2 Å². The number of esters is 1. The molecule has 0 saturated carbocycles. The van der Waals surface area contributed by atoms with Crippen molar-refractivity contribution in [2.45, 2.75) is 32.2 Å². The van der Waals surface area contributed by atoms with Gasteiger partial charge in [-0.25, -0.2) is 14.8 Å². The van der Waals surface area contributed by atoms with Crippen LogP contribution in [0.25, 0.3) is 0 Å². The van der Waals surface area contributed by atoms with E-state index in [1.165, 1.54) is 20.0 Å². The van der Waals surface area contributed by atoms with Crippen molar-refractivity contribution in [3.63, 3.8) is 0 Å². The Balaban J connectivity index is 2.10. The normalized spacial score (nSPS) is 19.6. The molecule has 0 radical (unpaired) electrons. The molecule has 1 aliphatic heterocycles. The highest BCUT2D eigenvalue weighted by Gasteiger charge is 2.15. The zero-order valence-electron chi connectivity index (χ0n) is 11.4. The van der Waals surface area contributed by atoms with Crippen LogP contribution in [0.2, 0.25) is 0 Å². The first kappa shape index (κ1) is 13.7. The lowest BCUT2D eigenvalue weighted by Gasteiger charge is -2.17. The van der Waals surface area contributed by atoms with Crippen molar-refractivity contribution in [3.8, 4) is 0 Å². The number of carbonyl (C=O) groups excluding carboxylic acids is 1. The van der Waals surface area contributed by atoms with Crippen molar-refractivity contribution < 1.29 is 9.53 Å². The highest BCUT2D eigenvalue weighted by Crippen LogP contribution is 2.12. The molecular formula is C13H20N4O2. The molecule has 0 aromatic carbocycles. The minimum absolute atomic E-state index is 0.103. The largest absolute Gasteiger partial charge is 0.463 e. The van der Waals surface area contributed by atoms with Crippen LogP contribution >= 0.6 is 0 Å². The Labute approximate surface area is 113 Å². The molecule has 1 aromatic heterocycles. The van der Waals surface area contributed by atoms with Crippen molar-refractivity contribution in [1.82, 2.24) is 15.3 Å². The lowest BCUT2D eigenvalue weighted by Crippen LogP contribution is -2.31. The summed E-state index contributed by atoms with van der Waals surface area (Å²) in [6.45, 7) is 3.82. The number of nitrogens with one attached hydrogen (secondary N) is 2. The SMILES string of the molecule is COC(=O)c1nc(C)cc(NC2CCCCNC2)n1. The van der Waals surface area contributed by atoms with Gasteiger partial charge in [0.25, 0.3) is 0 Å². The van der Waals surface area contributed by atoms with Crippen molar-refractivity contribution in [2.75, 3.05) is 25.5 Å². The molecule has 6 heteroatoms. The first-order valence-corrected chi connectivity index (χ1v) is 6.60. The average Bonchev–Trinajstić information content (AvgIpc) is 2.65. The number of hydrogen-bond donors (Lipinski definition) is 2. The summed E-state index contributed by atoms with van der Waals surface area (Å²) in [6, 6.07) is 2.18. The molecule has 1 atom stereocenters. The van der Waals surface area contributed by atoms with Crippen LogP contribution in [-0.2, 0) is 4.74 Å². The number of rotatable bonds is 3. The second-order valence-corrected chi connectivity index (χ2v) is 4.75. The lowest BCUT2D eigenvalue weighted by atomic mass is 10.1. The fourth-order valence-corrected chi connectivity index (χ4v) is 2.18. The van der Waals surface area contributed by atoms with Crippen LogP contribution in [-0.4, -0.2) is 42.2 Å². The maximum Gasteiger partial charge on any atom is 0.376 e. The third kappa shape index (κ3) is 3.89. The summed E-state index contributed by atoms with van der Waals surface area (Å²) < 4.78 is 4.65. The first-order chi connectivity index (χ1) is 9.19. The minimum atomic E-state index is -0.509. The van der Waals surface area contributed by atoms with Gasteiger partial charge in [-0.15, -0.1) is 0 Å². The van der Waals surface area contributed by atoms with Gasteiger partial charge in [-0.05, 0) is 26.3 Å². The zero-order valence-corrected chi connectivity index (χ0v) is 11.4. The Hall–Kier alpha value is -1.69. The molecule has 1 aliphatic rings. The molecule has 1 unspecified atom stereocenters. The summed E-state index contributed by atoms with van der Waals surface area (Å²) in [7, 11) is 1.33. The molecule has 1 saturated heterocycles. The van der Waals surface area contributed by atoms with E-state index < -0.39 is 5.97 Å². The molecule has 0 amide bonds. The van der Waals surface area contributed by atoms with Crippen LogP contribution in [0.15, 0.2) is 6.07 Å². The van der Waals surface area contributed by atoms with E-state index in [-0.39, 0.29) is 5.82 Å². The van der Waals surface area contributed by atoms with Gasteiger partial charge in [0.2, 0.25) is 5.82 Å². The van der Waals surface area contributed by atoms with E-state index in [0.29, 0.717) is 11.9 Å². The third-order valence-electron chi connectivity index (χ3n) is 3.12. The molecule has 2 N–H and O–H groups in total. The van der Waals surface area contributed by atoms with E-state index >= 15 is 0 Å². The van der Waals surface area contributed by atoms with Crippen LogP contribution in [0.1, 0.15) is 35.6 Å². The number of methoxy groups -OCH3 is 1. The molecule has 6 nitrogen and oxygen atoms in total. The van der Waals surface area contributed by atoms with E-state index in [1.54, 1.807) is 0 Å². The van der Waals surface area contributed by atoms with Crippen molar-refractivity contribution >= 4 is 11.8 Å². The fourth-order valence-electron chi connectivity index (χ4n) is 2.18. The highest BCUT2D eigenvalue weighted by atomic mass is 16.5. The number of ether oxygens (including phenoxy) is 1. The molecule has 0 bridgehead atoms. The summed E-state index contributed by atoms with van der Waals surface area (Å²) in [5.41, 5.74) is 0.750. The molecule has 2 rings (SSSR count). The van der Waals surface area contributed by atoms with Gasteiger partial charge >= 0.3 is 5.97 Å². The summed E-state index contributed by atoms with van der Waals surface area (Å²) >= 11 is 0. The Morgan fingerprint density at radius 2 is 2.32 bits per heavy atom. The van der Waals surface area contributed by atoms with Crippen molar-refractivity contribution in [2.24, 2.45) is 0 Å². The van der Waals surface area contributed by atoms with Gasteiger partial charge in [-0.1, -0.05) is 6.42 Å². The molecule has 0 aliphatic carbocycles. The molecule has 2 heterocycles. The summed E-state index contributed by atoms with van der Waals surface area (Å²) in [4.78, 5) is 19.8. The smallest absolute Gasteiger partial charge is 0.376 e. The quantitative estimate of drug-likeness (QED) is 0.797. The summed E-state index contributed by atoms with van der Waals surface area (Å²) in [6.07, 6.45) is 3.50. The Morgan fingerprint density at radius 1 is 1.47 bits per heavy atom. The predicted octanol–water partition coefficient (Wildman–Crippen LogP) is 1.13. The number of aryl methyl sites for hydroxylation is 1. The maximum atomic E-state index is 11.5. The van der Waals surface area contributed by atoms with E-state index in [4.69, 9.17) is 0 Å². The standard InChI is InChI=1S/C13H20N4O2/c1-9-7-11(17-12(15-9)13(18)19-2)16-10-5-3-4-6-14-8-10/h7,10,14H,3-6,8H2,1-2H3,(H,15,16,17). The number of aromatic nitrogens is 2. The first-order valence-electron chi connectivity index (χ1n) is 6.60.